The van der Waals surface area contributed by atoms with E-state index >= 15 is 0 Å². The SMILES string of the molecule is COc1c(C(=O)O)cnn1-c1cccc(-c2cccc(C)c2OCc2ccc3c(c2)CCN(C2C4CCOC4C2(C)C)C3)n1. The molecule has 0 spiro atoms. The Labute approximate surface area is 257 Å². The maximum atomic E-state index is 11.6. The highest BCUT2D eigenvalue weighted by Crippen LogP contribution is 2.55. The number of methoxy groups -OCH3 is 1. The smallest absolute Gasteiger partial charge is 0.342 e. The summed E-state index contributed by atoms with van der Waals surface area (Å²) in [6.07, 6.45) is 3.90. The first-order valence-corrected chi connectivity index (χ1v) is 15.3. The summed E-state index contributed by atoms with van der Waals surface area (Å²) in [5, 5.41) is 13.7. The Morgan fingerprint density at radius 1 is 1.14 bits per heavy atom. The minimum Gasteiger partial charge on any atom is -0.488 e. The van der Waals surface area contributed by atoms with Crippen molar-refractivity contribution >= 4 is 5.97 Å². The van der Waals surface area contributed by atoms with Gasteiger partial charge in [0.05, 0.1) is 25.1 Å². The number of hydrogen-bond donors (Lipinski definition) is 1. The van der Waals surface area contributed by atoms with Crippen LogP contribution in [0.2, 0.25) is 0 Å². The summed E-state index contributed by atoms with van der Waals surface area (Å²) in [7, 11) is 1.42. The molecule has 3 atom stereocenters. The van der Waals surface area contributed by atoms with Crippen LogP contribution in [0.1, 0.15) is 52.9 Å². The summed E-state index contributed by atoms with van der Waals surface area (Å²) in [6.45, 7) is 10.2. The predicted octanol–water partition coefficient (Wildman–Crippen LogP) is 5.70. The van der Waals surface area contributed by atoms with Gasteiger partial charge in [-0.2, -0.15) is 9.78 Å². The average molecular weight is 595 g/mol. The normalized spacial score (nSPS) is 22.1. The third-order valence-corrected chi connectivity index (χ3v) is 9.72. The van der Waals surface area contributed by atoms with Crippen molar-refractivity contribution in [2.45, 2.75) is 58.9 Å². The Morgan fingerprint density at radius 2 is 1.98 bits per heavy atom. The number of hydrogen-bond acceptors (Lipinski definition) is 7. The van der Waals surface area contributed by atoms with Crippen molar-refractivity contribution in [3.05, 3.63) is 88.6 Å². The lowest BCUT2D eigenvalue weighted by Gasteiger charge is -2.59. The van der Waals surface area contributed by atoms with E-state index in [1.54, 1.807) is 6.07 Å². The molecule has 9 nitrogen and oxygen atoms in total. The third-order valence-electron chi connectivity index (χ3n) is 9.72. The lowest BCUT2D eigenvalue weighted by molar-refractivity contribution is -0.158. The van der Waals surface area contributed by atoms with Crippen molar-refractivity contribution in [3.8, 4) is 28.7 Å². The number of fused-ring (bicyclic) bond motifs is 2. The molecule has 2 aromatic heterocycles. The molecule has 44 heavy (non-hydrogen) atoms. The molecule has 4 heterocycles. The minimum absolute atomic E-state index is 0.0269. The van der Waals surface area contributed by atoms with Crippen molar-refractivity contribution < 1.29 is 24.1 Å². The molecule has 0 bridgehead atoms. The van der Waals surface area contributed by atoms with E-state index in [1.165, 1.54) is 35.5 Å². The molecule has 2 aliphatic heterocycles. The fraction of sp³-hybridized carbons (Fsp3) is 0.400. The van der Waals surface area contributed by atoms with E-state index in [1.807, 2.05) is 37.3 Å². The first-order chi connectivity index (χ1) is 21.3. The van der Waals surface area contributed by atoms with Gasteiger partial charge in [-0.3, -0.25) is 4.90 Å². The fourth-order valence-electron chi connectivity index (χ4n) is 7.73. The fourth-order valence-corrected chi connectivity index (χ4v) is 7.73. The molecule has 3 aliphatic rings. The van der Waals surface area contributed by atoms with E-state index in [0.717, 1.165) is 48.6 Å². The van der Waals surface area contributed by atoms with Gasteiger partial charge in [-0.05, 0) is 60.2 Å². The number of ether oxygens (including phenoxy) is 3. The van der Waals surface area contributed by atoms with Crippen LogP contribution in [0.5, 0.6) is 11.6 Å². The number of pyridine rings is 1. The van der Waals surface area contributed by atoms with E-state index in [0.29, 0.717) is 36.2 Å². The van der Waals surface area contributed by atoms with Crippen molar-refractivity contribution in [2.75, 3.05) is 20.3 Å². The first kappa shape index (κ1) is 28.6. The van der Waals surface area contributed by atoms with Gasteiger partial charge in [0, 0.05) is 42.6 Å². The molecule has 1 aliphatic carbocycles. The number of aromatic nitrogens is 3. The van der Waals surface area contributed by atoms with Gasteiger partial charge in [0.1, 0.15) is 17.9 Å². The van der Waals surface area contributed by atoms with Crippen molar-refractivity contribution in [1.82, 2.24) is 19.7 Å². The van der Waals surface area contributed by atoms with Crippen LogP contribution in [-0.4, -0.2) is 63.1 Å². The van der Waals surface area contributed by atoms with Gasteiger partial charge in [0.2, 0.25) is 5.88 Å². The Bertz CT molecular complexity index is 1730. The second-order valence-electron chi connectivity index (χ2n) is 12.7. The van der Waals surface area contributed by atoms with Crippen molar-refractivity contribution in [2.24, 2.45) is 11.3 Å². The zero-order valence-electron chi connectivity index (χ0n) is 25.6. The van der Waals surface area contributed by atoms with Crippen LogP contribution in [-0.2, 0) is 24.3 Å². The molecule has 9 heteroatoms. The van der Waals surface area contributed by atoms with E-state index in [9.17, 15) is 9.90 Å². The number of nitrogens with zero attached hydrogens (tertiary/aromatic N) is 4. The van der Waals surface area contributed by atoms with Gasteiger partial charge in [0.15, 0.2) is 5.82 Å². The quantitative estimate of drug-likeness (QED) is 0.278. The maximum absolute atomic E-state index is 11.6. The molecule has 1 saturated carbocycles. The highest BCUT2D eigenvalue weighted by atomic mass is 16.5. The summed E-state index contributed by atoms with van der Waals surface area (Å²) >= 11 is 0. The summed E-state index contributed by atoms with van der Waals surface area (Å²) in [5.74, 6) is 0.885. The second-order valence-corrected chi connectivity index (χ2v) is 12.7. The standard InChI is InChI=1S/C35H38N4O5/c1-21-7-5-8-25(28-9-6-10-29(37-28)39-33(42-4)27(18-36-39)34(40)41)30(21)44-20-22-11-12-24-19-38(15-13-23(24)17-22)31-26-14-16-43-32(26)35(31,2)3/h5-12,17-18,26,31-32H,13-16,19-20H2,1-4H3,(H,40,41). The lowest BCUT2D eigenvalue weighted by atomic mass is 9.56. The summed E-state index contributed by atoms with van der Waals surface area (Å²) in [6, 6.07) is 18.9. The van der Waals surface area contributed by atoms with E-state index in [2.05, 4.69) is 42.0 Å². The number of aryl methyl sites for hydroxylation is 1. The molecule has 0 amide bonds. The largest absolute Gasteiger partial charge is 0.488 e. The van der Waals surface area contributed by atoms with Crippen LogP contribution in [0.15, 0.2) is 60.8 Å². The summed E-state index contributed by atoms with van der Waals surface area (Å²) in [4.78, 5) is 19.1. The van der Waals surface area contributed by atoms with Gasteiger partial charge in [0.25, 0.3) is 0 Å². The number of benzene rings is 2. The highest BCUT2D eigenvalue weighted by molar-refractivity contribution is 5.90. The Morgan fingerprint density at radius 3 is 2.80 bits per heavy atom. The minimum atomic E-state index is -1.11. The van der Waals surface area contributed by atoms with Crippen LogP contribution in [0.25, 0.3) is 17.1 Å². The molecular weight excluding hydrogens is 556 g/mol. The van der Waals surface area contributed by atoms with E-state index in [-0.39, 0.29) is 16.9 Å². The third kappa shape index (κ3) is 4.75. The Hall–Kier alpha value is -4.21. The number of rotatable bonds is 8. The molecule has 2 fully saturated rings. The van der Waals surface area contributed by atoms with Crippen molar-refractivity contribution in [1.29, 1.82) is 0 Å². The van der Waals surface area contributed by atoms with Crippen LogP contribution < -0.4 is 9.47 Å². The molecule has 1 N–H and O–H groups in total. The molecule has 0 radical (unpaired) electrons. The van der Waals surface area contributed by atoms with Crippen LogP contribution in [0.4, 0.5) is 0 Å². The van der Waals surface area contributed by atoms with Gasteiger partial charge in [-0.15, -0.1) is 0 Å². The first-order valence-electron chi connectivity index (χ1n) is 15.3. The molecule has 1 saturated heterocycles. The topological polar surface area (TPSA) is 98.9 Å². The number of carboxylic acids is 1. The highest BCUT2D eigenvalue weighted by Gasteiger charge is 2.61. The van der Waals surface area contributed by atoms with Gasteiger partial charge in [-0.1, -0.05) is 50.2 Å². The van der Waals surface area contributed by atoms with Crippen molar-refractivity contribution in [3.63, 3.8) is 0 Å². The van der Waals surface area contributed by atoms with Gasteiger partial charge >= 0.3 is 5.97 Å². The van der Waals surface area contributed by atoms with Gasteiger partial charge < -0.3 is 19.3 Å². The van der Waals surface area contributed by atoms with Crippen LogP contribution in [0, 0.1) is 18.3 Å². The number of aromatic carboxylic acids is 1. The Kier molecular flexibility index (Phi) is 7.17. The number of para-hydroxylation sites is 1. The predicted molar refractivity (Wildman–Crippen MR) is 165 cm³/mol. The zero-order valence-corrected chi connectivity index (χ0v) is 25.6. The van der Waals surface area contributed by atoms with E-state index in [4.69, 9.17) is 19.2 Å². The maximum Gasteiger partial charge on any atom is 0.342 e. The molecule has 2 aromatic carbocycles. The molecule has 3 unspecified atom stereocenters. The molecule has 7 rings (SSSR count). The van der Waals surface area contributed by atoms with Crippen LogP contribution in [0.3, 0.4) is 0 Å². The summed E-state index contributed by atoms with van der Waals surface area (Å²) in [5.41, 5.74) is 6.69. The molecular formula is C35H38N4O5. The zero-order chi connectivity index (χ0) is 30.6. The molecule has 4 aromatic rings. The number of carboxylic acid groups (broad SMARTS) is 1. The lowest BCUT2D eigenvalue weighted by Crippen LogP contribution is -2.67. The average Bonchev–Trinajstić information content (AvgIpc) is 3.66. The van der Waals surface area contributed by atoms with Gasteiger partial charge in [-0.25, -0.2) is 9.78 Å². The summed E-state index contributed by atoms with van der Waals surface area (Å²) < 4.78 is 19.3. The monoisotopic (exact) mass is 594 g/mol. The van der Waals surface area contributed by atoms with E-state index < -0.39 is 5.97 Å². The van der Waals surface area contributed by atoms with Crippen LogP contribution >= 0.6 is 0 Å². The second kappa shape index (κ2) is 11.1. The Balaban J connectivity index is 1.09. The molecule has 228 valence electrons. The number of carbonyl (C=O) groups is 1.